The van der Waals surface area contributed by atoms with Gasteiger partial charge in [0.15, 0.2) is 0 Å². The smallest absolute Gasteiger partial charge is 0.870 e. The maximum atomic E-state index is 10.4. The summed E-state index contributed by atoms with van der Waals surface area (Å²) in [5.41, 5.74) is 3.25. The van der Waals surface area contributed by atoms with Gasteiger partial charge in [-0.25, -0.2) is 0 Å². The average molecular weight is 188 g/mol. The van der Waals surface area contributed by atoms with Gasteiger partial charge in [-0.1, -0.05) is 25.6 Å². The Kier molecular flexibility index (Phi) is 7.36. The van der Waals surface area contributed by atoms with Crippen LogP contribution in [0, 0.1) is 20.8 Å². The van der Waals surface area contributed by atoms with E-state index >= 15 is 0 Å². The Hall–Kier alpha value is -0.220. The van der Waals surface area contributed by atoms with Gasteiger partial charge in [0, 0.05) is 5.69 Å². The Bertz CT molecular complexity index is 277. The fourth-order valence-electron chi connectivity index (χ4n) is 1.18. The fraction of sp³-hybridized carbons (Fsp3) is 0.333. The number of carbonyl (C=O) groups excluding carboxylic acids is 1. The molecule has 1 rings (SSSR count). The zero-order chi connectivity index (χ0) is 8.43. The van der Waals surface area contributed by atoms with Gasteiger partial charge in [0.2, 0.25) is 0 Å². The second-order valence-corrected chi connectivity index (χ2v) is 2.64. The molecule has 1 aromatic heterocycles. The first kappa shape index (κ1) is 15.3. The maximum absolute atomic E-state index is 10.4. The maximum Gasteiger partial charge on any atom is 1.00 e. The molecule has 1 N–H and O–H groups in total. The van der Waals surface area contributed by atoms with Crippen molar-refractivity contribution in [3.8, 4) is 0 Å². The topological polar surface area (TPSA) is 60.0 Å². The van der Waals surface area contributed by atoms with Crippen molar-refractivity contribution >= 4 is 6.29 Å². The van der Waals surface area contributed by atoms with Crippen LogP contribution in [0.2, 0.25) is 0 Å². The van der Waals surface area contributed by atoms with Gasteiger partial charge in [-0.15, -0.1) is 11.1 Å². The molecule has 0 amide bonds. The molecule has 0 aromatic carbocycles. The second kappa shape index (κ2) is 6.27. The first-order valence-corrected chi connectivity index (χ1v) is 3.48. The van der Waals surface area contributed by atoms with Crippen molar-refractivity contribution in [2.75, 3.05) is 0 Å². The summed E-state index contributed by atoms with van der Waals surface area (Å²) in [6.45, 7) is 5.62. The van der Waals surface area contributed by atoms with Crippen molar-refractivity contribution in [3.63, 3.8) is 0 Å². The van der Waals surface area contributed by atoms with Crippen molar-refractivity contribution < 1.29 is 39.8 Å². The molecule has 0 saturated heterocycles. The Morgan fingerprint density at radius 1 is 1.31 bits per heavy atom. The van der Waals surface area contributed by atoms with E-state index in [9.17, 15) is 4.79 Å². The molecule has 0 saturated carbocycles. The summed E-state index contributed by atoms with van der Waals surface area (Å²) < 4.78 is 0. The van der Waals surface area contributed by atoms with Gasteiger partial charge < -0.3 is 15.3 Å². The van der Waals surface area contributed by atoms with Crippen LogP contribution in [0.15, 0.2) is 6.07 Å². The summed E-state index contributed by atoms with van der Waals surface area (Å²) in [6, 6.07) is 1.88. The third-order valence-corrected chi connectivity index (χ3v) is 1.63. The van der Waals surface area contributed by atoms with Crippen LogP contribution in [-0.4, -0.2) is 16.7 Å². The fourth-order valence-corrected chi connectivity index (χ4v) is 1.18. The van der Waals surface area contributed by atoms with Crippen LogP contribution in [0.3, 0.4) is 0 Å². The van der Waals surface area contributed by atoms with Crippen LogP contribution in [0.5, 0.6) is 0 Å². The molecular weight excluding hydrogens is 177 g/mol. The number of aryl methyl sites for hydroxylation is 3. The minimum atomic E-state index is 0. The Balaban J connectivity index is 0. The van der Waals surface area contributed by atoms with E-state index in [1.165, 1.54) is 0 Å². The quantitative estimate of drug-likeness (QED) is 0.389. The molecular formula is C9H11NNaO2-. The SMILES string of the molecule is Cc1cc(C)c([C-]=O)c(C)n1.[Na+].[OH-]. The molecule has 4 heteroatoms. The normalized spacial score (nSPS) is 8.23. The molecule has 0 fully saturated rings. The third-order valence-electron chi connectivity index (χ3n) is 1.63. The van der Waals surface area contributed by atoms with Crippen LogP contribution in [0.1, 0.15) is 22.5 Å². The van der Waals surface area contributed by atoms with E-state index in [1.807, 2.05) is 33.1 Å². The predicted octanol–water partition coefficient (Wildman–Crippen LogP) is -1.71. The number of rotatable bonds is 1. The Labute approximate surface area is 100 Å². The minimum Gasteiger partial charge on any atom is -0.870 e. The molecule has 1 heterocycles. The van der Waals surface area contributed by atoms with Crippen molar-refractivity contribution in [2.24, 2.45) is 0 Å². The summed E-state index contributed by atoms with van der Waals surface area (Å²) in [4.78, 5) is 14.5. The van der Waals surface area contributed by atoms with Crippen molar-refractivity contribution in [1.29, 1.82) is 0 Å². The average Bonchev–Trinajstić information content (AvgIpc) is 1.85. The Morgan fingerprint density at radius 2 is 1.85 bits per heavy atom. The summed E-state index contributed by atoms with van der Waals surface area (Å²) in [5, 5.41) is 0. The molecule has 13 heavy (non-hydrogen) atoms. The standard InChI is InChI=1S/C9H10NO.Na.H2O/c1-6-4-7(2)10-8(3)9(6)5-11;;/h4H,1-3H3;;1H2/q-1;+1;/p-1. The summed E-state index contributed by atoms with van der Waals surface area (Å²) in [7, 11) is 0. The van der Waals surface area contributed by atoms with E-state index in [0.717, 1.165) is 17.0 Å². The van der Waals surface area contributed by atoms with Crippen LogP contribution < -0.4 is 29.6 Å². The van der Waals surface area contributed by atoms with E-state index in [-0.39, 0.29) is 35.0 Å². The van der Waals surface area contributed by atoms with Crippen LogP contribution >= 0.6 is 0 Å². The molecule has 0 aliphatic carbocycles. The van der Waals surface area contributed by atoms with Crippen molar-refractivity contribution in [3.05, 3.63) is 28.6 Å². The summed E-state index contributed by atoms with van der Waals surface area (Å²) in [6.07, 6.45) is 1.88. The molecule has 0 unspecified atom stereocenters. The van der Waals surface area contributed by atoms with E-state index in [1.54, 1.807) is 0 Å². The first-order valence-electron chi connectivity index (χ1n) is 3.48. The van der Waals surface area contributed by atoms with Gasteiger partial charge in [0.25, 0.3) is 0 Å². The molecule has 0 aliphatic rings. The van der Waals surface area contributed by atoms with Crippen LogP contribution in [0.4, 0.5) is 0 Å². The van der Waals surface area contributed by atoms with Gasteiger partial charge in [-0.2, -0.15) is 0 Å². The zero-order valence-corrected chi connectivity index (χ0v) is 10.4. The monoisotopic (exact) mass is 188 g/mol. The van der Waals surface area contributed by atoms with Gasteiger partial charge >= 0.3 is 29.6 Å². The van der Waals surface area contributed by atoms with Crippen molar-refractivity contribution in [2.45, 2.75) is 20.8 Å². The summed E-state index contributed by atoms with van der Waals surface area (Å²) in [5.74, 6) is 0. The van der Waals surface area contributed by atoms with Gasteiger partial charge in [-0.05, 0) is 6.92 Å². The second-order valence-electron chi connectivity index (χ2n) is 2.64. The molecule has 0 radical (unpaired) electrons. The number of aromatic nitrogens is 1. The third kappa shape index (κ3) is 3.56. The number of hydrogen-bond acceptors (Lipinski definition) is 3. The minimum absolute atomic E-state index is 0. The van der Waals surface area contributed by atoms with E-state index < -0.39 is 0 Å². The molecule has 0 bridgehead atoms. The van der Waals surface area contributed by atoms with Crippen molar-refractivity contribution in [1.82, 2.24) is 4.98 Å². The first-order chi connectivity index (χ1) is 5.15. The van der Waals surface area contributed by atoms with E-state index in [4.69, 9.17) is 0 Å². The van der Waals surface area contributed by atoms with E-state index in [2.05, 4.69) is 4.98 Å². The molecule has 66 valence electrons. The zero-order valence-electron chi connectivity index (χ0n) is 8.38. The van der Waals surface area contributed by atoms with E-state index in [0.29, 0.717) is 5.56 Å². The van der Waals surface area contributed by atoms with Crippen LogP contribution in [0.25, 0.3) is 0 Å². The molecule has 1 aromatic rings. The predicted molar refractivity (Wildman–Crippen MR) is 45.2 cm³/mol. The molecule has 0 spiro atoms. The van der Waals surface area contributed by atoms with Gasteiger partial charge in [0.05, 0.1) is 6.29 Å². The van der Waals surface area contributed by atoms with Crippen LogP contribution in [-0.2, 0) is 4.79 Å². The summed E-state index contributed by atoms with van der Waals surface area (Å²) >= 11 is 0. The molecule has 0 aliphatic heterocycles. The molecule has 0 atom stereocenters. The van der Waals surface area contributed by atoms with Gasteiger partial charge in [-0.3, -0.25) is 0 Å². The number of nitrogens with zero attached hydrogens (tertiary/aromatic N) is 1. The van der Waals surface area contributed by atoms with Gasteiger partial charge in [0.1, 0.15) is 0 Å². The largest absolute Gasteiger partial charge is 1.00 e. The number of pyridine rings is 1. The molecule has 3 nitrogen and oxygen atoms in total. The number of hydrogen-bond donors (Lipinski definition) is 0. The Morgan fingerprint density at radius 3 is 2.23 bits per heavy atom.